The molecule has 0 unspecified atom stereocenters. The van der Waals surface area contributed by atoms with Crippen molar-refractivity contribution in [3.8, 4) is 0 Å². The fourth-order valence-electron chi connectivity index (χ4n) is 1.23. The number of carboxylic acid groups (broad SMARTS) is 2. The maximum absolute atomic E-state index is 11.3. The van der Waals surface area contributed by atoms with Crippen LogP contribution >= 0.6 is 0 Å². The van der Waals surface area contributed by atoms with Crippen molar-refractivity contribution < 1.29 is 38.9 Å². The Balaban J connectivity index is 4.01. The summed E-state index contributed by atoms with van der Waals surface area (Å²) in [6.07, 6.45) is -2.99. The Morgan fingerprint density at radius 3 is 1.79 bits per heavy atom. The van der Waals surface area contributed by atoms with Crippen LogP contribution in [0, 0.1) is 0 Å². The van der Waals surface area contributed by atoms with Crippen molar-refractivity contribution in [1.29, 1.82) is 0 Å². The van der Waals surface area contributed by atoms with Gasteiger partial charge in [-0.3, -0.25) is 19.2 Å². The van der Waals surface area contributed by atoms with E-state index in [4.69, 9.17) is 14.9 Å². The van der Waals surface area contributed by atoms with Crippen LogP contribution in [-0.2, 0) is 28.7 Å². The van der Waals surface area contributed by atoms with Gasteiger partial charge in [0, 0.05) is 0 Å². The van der Waals surface area contributed by atoms with Crippen molar-refractivity contribution in [2.24, 2.45) is 0 Å². The minimum Gasteiger partial charge on any atom is -0.481 e. The maximum Gasteiger partial charge on any atom is 0.317 e. The largest absolute Gasteiger partial charge is 0.481 e. The molecule has 0 fully saturated rings. The monoisotopic (exact) mass is 276 g/mol. The summed E-state index contributed by atoms with van der Waals surface area (Å²) in [6.45, 7) is 2.83. The van der Waals surface area contributed by atoms with Crippen molar-refractivity contribution in [3.63, 3.8) is 0 Å². The lowest BCUT2D eigenvalue weighted by Gasteiger charge is -2.14. The van der Waals surface area contributed by atoms with Gasteiger partial charge in [0.25, 0.3) is 0 Å². The predicted octanol–water partition coefficient (Wildman–Crippen LogP) is 0.189. The summed E-state index contributed by atoms with van der Waals surface area (Å²) in [5.74, 6) is -4.09. The van der Waals surface area contributed by atoms with E-state index in [1.807, 2.05) is 0 Å². The third kappa shape index (κ3) is 9.57. The number of carboxylic acids is 2. The van der Waals surface area contributed by atoms with Crippen LogP contribution in [0.15, 0.2) is 0 Å². The molecule has 2 atom stereocenters. The van der Waals surface area contributed by atoms with E-state index in [-0.39, 0.29) is 12.8 Å². The second-order valence-electron chi connectivity index (χ2n) is 3.97. The summed E-state index contributed by atoms with van der Waals surface area (Å²) >= 11 is 0. The van der Waals surface area contributed by atoms with Crippen molar-refractivity contribution in [2.45, 2.75) is 45.3 Å². The number of rotatable bonds is 8. The number of hydrogen-bond donors (Lipinski definition) is 2. The van der Waals surface area contributed by atoms with Gasteiger partial charge in [0.2, 0.25) is 0 Å². The standard InChI is InChI=1S/C11H16O8/c1-6(3-8(12)13)18-10(16)4-7(2)19-11(17)5-9(14)15/h6-7H,3-5H2,1-2H3,(H,12,13)(H,14,15)/t6-,7-/m1/s1. The topological polar surface area (TPSA) is 127 Å². The van der Waals surface area contributed by atoms with E-state index in [1.165, 1.54) is 13.8 Å². The molecular formula is C11H16O8. The summed E-state index contributed by atoms with van der Waals surface area (Å²) in [7, 11) is 0. The molecular weight excluding hydrogens is 260 g/mol. The fraction of sp³-hybridized carbons (Fsp3) is 0.636. The zero-order valence-corrected chi connectivity index (χ0v) is 10.6. The second-order valence-corrected chi connectivity index (χ2v) is 3.97. The lowest BCUT2D eigenvalue weighted by atomic mass is 10.2. The Kier molecular flexibility index (Phi) is 7.16. The van der Waals surface area contributed by atoms with Gasteiger partial charge in [-0.25, -0.2) is 0 Å². The number of ether oxygens (including phenoxy) is 2. The molecule has 0 aliphatic heterocycles. The van der Waals surface area contributed by atoms with Gasteiger partial charge in [0.15, 0.2) is 0 Å². The molecule has 0 aromatic rings. The maximum atomic E-state index is 11.3. The van der Waals surface area contributed by atoms with Crippen molar-refractivity contribution >= 4 is 23.9 Å². The zero-order chi connectivity index (χ0) is 15.0. The smallest absolute Gasteiger partial charge is 0.317 e. The molecule has 0 aliphatic carbocycles. The second kappa shape index (κ2) is 8.06. The van der Waals surface area contributed by atoms with Crippen LogP contribution in [0.1, 0.15) is 33.1 Å². The van der Waals surface area contributed by atoms with E-state index < -0.39 is 42.5 Å². The van der Waals surface area contributed by atoms with E-state index in [0.717, 1.165) is 0 Å². The van der Waals surface area contributed by atoms with Crippen LogP contribution in [0.3, 0.4) is 0 Å². The molecule has 8 nitrogen and oxygen atoms in total. The third-order valence-electron chi connectivity index (χ3n) is 1.88. The van der Waals surface area contributed by atoms with Crippen molar-refractivity contribution in [3.05, 3.63) is 0 Å². The third-order valence-corrected chi connectivity index (χ3v) is 1.88. The van der Waals surface area contributed by atoms with Gasteiger partial charge in [0.1, 0.15) is 18.6 Å². The van der Waals surface area contributed by atoms with Gasteiger partial charge < -0.3 is 19.7 Å². The first kappa shape index (κ1) is 16.9. The normalized spacial score (nSPS) is 13.2. The first-order chi connectivity index (χ1) is 8.70. The van der Waals surface area contributed by atoms with E-state index in [0.29, 0.717) is 0 Å². The van der Waals surface area contributed by atoms with E-state index >= 15 is 0 Å². The van der Waals surface area contributed by atoms with Crippen LogP contribution in [0.5, 0.6) is 0 Å². The van der Waals surface area contributed by atoms with Crippen molar-refractivity contribution in [2.75, 3.05) is 0 Å². The molecule has 0 saturated carbocycles. The molecule has 0 rings (SSSR count). The number of esters is 2. The molecule has 108 valence electrons. The van der Waals surface area contributed by atoms with E-state index in [9.17, 15) is 19.2 Å². The van der Waals surface area contributed by atoms with Gasteiger partial charge >= 0.3 is 23.9 Å². The van der Waals surface area contributed by atoms with Crippen LogP contribution in [0.2, 0.25) is 0 Å². The Labute approximate surface area is 109 Å². The molecule has 0 saturated heterocycles. The number of hydrogen-bond acceptors (Lipinski definition) is 6. The average molecular weight is 276 g/mol. The molecule has 8 heteroatoms. The van der Waals surface area contributed by atoms with Crippen LogP contribution in [-0.4, -0.2) is 46.3 Å². The summed E-state index contributed by atoms with van der Waals surface area (Å²) in [5, 5.41) is 16.8. The quantitative estimate of drug-likeness (QED) is 0.475. The van der Waals surface area contributed by atoms with Gasteiger partial charge in [-0.05, 0) is 13.8 Å². The summed E-state index contributed by atoms with van der Waals surface area (Å²) in [6, 6.07) is 0. The Hall–Kier alpha value is -2.12. The van der Waals surface area contributed by atoms with Gasteiger partial charge in [-0.1, -0.05) is 0 Å². The molecule has 0 radical (unpaired) electrons. The lowest BCUT2D eigenvalue weighted by molar-refractivity contribution is -0.159. The summed E-state index contributed by atoms with van der Waals surface area (Å²) in [4.78, 5) is 42.9. The first-order valence-electron chi connectivity index (χ1n) is 5.53. The molecule has 0 amide bonds. The highest BCUT2D eigenvalue weighted by Crippen LogP contribution is 2.05. The van der Waals surface area contributed by atoms with Crippen LogP contribution in [0.4, 0.5) is 0 Å². The summed E-state index contributed by atoms with van der Waals surface area (Å²) < 4.78 is 9.42. The highest BCUT2D eigenvalue weighted by atomic mass is 16.6. The average Bonchev–Trinajstić information content (AvgIpc) is 2.12. The Morgan fingerprint density at radius 2 is 1.32 bits per heavy atom. The van der Waals surface area contributed by atoms with Crippen LogP contribution < -0.4 is 0 Å². The molecule has 0 aliphatic rings. The first-order valence-corrected chi connectivity index (χ1v) is 5.53. The van der Waals surface area contributed by atoms with E-state index in [2.05, 4.69) is 4.74 Å². The Bertz CT molecular complexity index is 362. The van der Waals surface area contributed by atoms with Gasteiger partial charge in [0.05, 0.1) is 12.8 Å². The van der Waals surface area contributed by atoms with Crippen LogP contribution in [0.25, 0.3) is 0 Å². The van der Waals surface area contributed by atoms with Crippen molar-refractivity contribution in [1.82, 2.24) is 0 Å². The highest BCUT2D eigenvalue weighted by molar-refractivity contribution is 5.90. The minimum atomic E-state index is -1.32. The SMILES string of the molecule is C[C@H](CC(=O)O)OC(=O)C[C@@H](C)OC(=O)CC(=O)O. The molecule has 2 N–H and O–H groups in total. The lowest BCUT2D eigenvalue weighted by Crippen LogP contribution is -2.24. The molecule has 0 aromatic carbocycles. The molecule has 0 aromatic heterocycles. The molecule has 19 heavy (non-hydrogen) atoms. The zero-order valence-electron chi connectivity index (χ0n) is 10.6. The molecule has 0 bridgehead atoms. The molecule has 0 heterocycles. The van der Waals surface area contributed by atoms with E-state index in [1.54, 1.807) is 0 Å². The summed E-state index contributed by atoms with van der Waals surface area (Å²) in [5.41, 5.74) is 0. The number of aliphatic carboxylic acids is 2. The highest BCUT2D eigenvalue weighted by Gasteiger charge is 2.19. The molecule has 0 spiro atoms. The van der Waals surface area contributed by atoms with Gasteiger partial charge in [-0.2, -0.15) is 0 Å². The predicted molar refractivity (Wildman–Crippen MR) is 60.2 cm³/mol. The van der Waals surface area contributed by atoms with Gasteiger partial charge in [-0.15, -0.1) is 0 Å². The number of carbonyl (C=O) groups is 4. The minimum absolute atomic E-state index is 0.269. The fourth-order valence-corrected chi connectivity index (χ4v) is 1.23. The Morgan fingerprint density at radius 1 is 0.842 bits per heavy atom. The number of carbonyl (C=O) groups excluding carboxylic acids is 2.